The lowest BCUT2D eigenvalue weighted by Crippen LogP contribution is -2.42. The molecule has 2 N–H and O–H groups in total. The van der Waals surface area contributed by atoms with Gasteiger partial charge >= 0.3 is 12.1 Å². The predicted molar refractivity (Wildman–Crippen MR) is 150 cm³/mol. The molecule has 0 aromatic heterocycles. The molecule has 40 heavy (non-hydrogen) atoms. The average molecular weight is 550 g/mol. The fourth-order valence-electron chi connectivity index (χ4n) is 5.15. The molecule has 214 valence electrons. The first-order valence-corrected chi connectivity index (χ1v) is 14.0. The van der Waals surface area contributed by atoms with E-state index in [-0.39, 0.29) is 6.42 Å². The minimum absolute atomic E-state index is 0.112. The van der Waals surface area contributed by atoms with Gasteiger partial charge in [0.05, 0.1) is 6.04 Å². The monoisotopic (exact) mass is 549 g/mol. The summed E-state index contributed by atoms with van der Waals surface area (Å²) < 4.78 is 16.6. The first-order valence-electron chi connectivity index (χ1n) is 14.0. The Labute approximate surface area is 235 Å². The predicted octanol–water partition coefficient (Wildman–Crippen LogP) is 5.98. The van der Waals surface area contributed by atoms with E-state index in [4.69, 9.17) is 14.2 Å². The highest BCUT2D eigenvalue weighted by molar-refractivity contribution is 6.23. The molecule has 8 nitrogen and oxygen atoms in total. The van der Waals surface area contributed by atoms with Crippen molar-refractivity contribution in [2.75, 3.05) is 0 Å². The Hall–Kier alpha value is -3.81. The summed E-state index contributed by atoms with van der Waals surface area (Å²) >= 11 is 0. The second-order valence-electron chi connectivity index (χ2n) is 11.6. The standard InChI is InChI=1S/C32H39NO7/c1-32(2,3)40-31(37)33-25(18-22-14-16-24(17-15-22)38-20-23-12-8-5-9-13-23)28(34)27-29(35)26(39-30(27)36)19-21-10-6-4-7-11-21/h5,8-9,12-17,21,25-26,34H,4,6-7,10-11,18-20H2,1-3H3,(H,33,37). The molecule has 1 aliphatic carbocycles. The van der Waals surface area contributed by atoms with Crippen LogP contribution in [0, 0.1) is 5.92 Å². The van der Waals surface area contributed by atoms with Gasteiger partial charge in [0.2, 0.25) is 5.78 Å². The van der Waals surface area contributed by atoms with Crippen LogP contribution in [-0.4, -0.2) is 40.7 Å². The zero-order valence-electron chi connectivity index (χ0n) is 23.5. The van der Waals surface area contributed by atoms with E-state index < -0.39 is 46.9 Å². The maximum absolute atomic E-state index is 13.2. The van der Waals surface area contributed by atoms with Crippen molar-refractivity contribution in [2.24, 2.45) is 5.92 Å². The average Bonchev–Trinajstić information content (AvgIpc) is 3.19. The largest absolute Gasteiger partial charge is 0.509 e. The summed E-state index contributed by atoms with van der Waals surface area (Å²) in [5.74, 6) is -0.934. The molecule has 4 rings (SSSR count). The Morgan fingerprint density at radius 3 is 2.33 bits per heavy atom. The van der Waals surface area contributed by atoms with E-state index in [0.717, 1.165) is 36.8 Å². The second kappa shape index (κ2) is 13.0. The van der Waals surface area contributed by atoms with Gasteiger partial charge in [-0.05, 0) is 56.4 Å². The van der Waals surface area contributed by atoms with Crippen LogP contribution in [0.25, 0.3) is 0 Å². The molecule has 1 amide bonds. The number of esters is 1. The van der Waals surface area contributed by atoms with Crippen molar-refractivity contribution >= 4 is 17.8 Å². The van der Waals surface area contributed by atoms with Gasteiger partial charge in [0.1, 0.15) is 29.3 Å². The molecular weight excluding hydrogens is 510 g/mol. The number of hydrogen-bond donors (Lipinski definition) is 2. The van der Waals surface area contributed by atoms with Gasteiger partial charge in [-0.2, -0.15) is 0 Å². The zero-order valence-corrected chi connectivity index (χ0v) is 23.5. The van der Waals surface area contributed by atoms with Crippen LogP contribution < -0.4 is 10.1 Å². The number of aliphatic hydroxyl groups excluding tert-OH is 1. The fraction of sp³-hybridized carbons (Fsp3) is 0.469. The highest BCUT2D eigenvalue weighted by Crippen LogP contribution is 2.32. The van der Waals surface area contributed by atoms with Crippen molar-refractivity contribution < 1.29 is 33.7 Å². The SMILES string of the molecule is CC(C)(C)OC(=O)NC(Cc1ccc(OCc2ccccc2)cc1)C(O)=C1C(=O)OC(CC2CCCCC2)C1=O. The number of rotatable bonds is 9. The van der Waals surface area contributed by atoms with E-state index in [1.165, 1.54) is 6.42 Å². The van der Waals surface area contributed by atoms with Crippen LogP contribution in [0.1, 0.15) is 70.4 Å². The molecule has 0 bridgehead atoms. The van der Waals surface area contributed by atoms with Crippen molar-refractivity contribution in [1.82, 2.24) is 5.32 Å². The van der Waals surface area contributed by atoms with Crippen LogP contribution in [-0.2, 0) is 32.1 Å². The van der Waals surface area contributed by atoms with Crippen LogP contribution in [0.15, 0.2) is 65.9 Å². The van der Waals surface area contributed by atoms with Gasteiger partial charge in [0, 0.05) is 6.42 Å². The highest BCUT2D eigenvalue weighted by atomic mass is 16.6. The molecule has 0 spiro atoms. The fourth-order valence-corrected chi connectivity index (χ4v) is 5.15. The number of carbonyl (C=O) groups excluding carboxylic acids is 3. The summed E-state index contributed by atoms with van der Waals surface area (Å²) in [7, 11) is 0. The van der Waals surface area contributed by atoms with E-state index >= 15 is 0 Å². The van der Waals surface area contributed by atoms with Gasteiger partial charge in [-0.25, -0.2) is 9.59 Å². The number of benzene rings is 2. The number of alkyl carbamates (subject to hydrolysis) is 1. The summed E-state index contributed by atoms with van der Waals surface area (Å²) in [6, 6.07) is 15.9. The van der Waals surface area contributed by atoms with Gasteiger partial charge in [0.25, 0.3) is 0 Å². The van der Waals surface area contributed by atoms with Gasteiger partial charge in [-0.3, -0.25) is 4.79 Å². The highest BCUT2D eigenvalue weighted by Gasteiger charge is 2.43. The number of ketones is 1. The minimum atomic E-state index is -1.08. The lowest BCUT2D eigenvalue weighted by Gasteiger charge is -2.24. The number of Topliss-reactive ketones (excluding diaryl/α,β-unsaturated/α-hetero) is 1. The van der Waals surface area contributed by atoms with E-state index in [9.17, 15) is 19.5 Å². The van der Waals surface area contributed by atoms with E-state index in [1.807, 2.05) is 42.5 Å². The van der Waals surface area contributed by atoms with Crippen LogP contribution in [0.2, 0.25) is 0 Å². The molecule has 2 aromatic rings. The van der Waals surface area contributed by atoms with Crippen molar-refractivity contribution in [2.45, 2.75) is 90.1 Å². The van der Waals surface area contributed by atoms with E-state index in [1.54, 1.807) is 32.9 Å². The molecule has 2 aliphatic rings. The van der Waals surface area contributed by atoms with Gasteiger partial charge < -0.3 is 24.6 Å². The molecule has 1 aliphatic heterocycles. The number of aliphatic hydroxyl groups is 1. The van der Waals surface area contributed by atoms with Gasteiger partial charge in [-0.1, -0.05) is 74.6 Å². The maximum Gasteiger partial charge on any atom is 0.408 e. The zero-order chi connectivity index (χ0) is 28.7. The molecule has 0 radical (unpaired) electrons. The third-order valence-corrected chi connectivity index (χ3v) is 7.15. The Bertz CT molecular complexity index is 1210. The van der Waals surface area contributed by atoms with Gasteiger partial charge in [-0.15, -0.1) is 0 Å². The van der Waals surface area contributed by atoms with Crippen LogP contribution >= 0.6 is 0 Å². The number of ether oxygens (including phenoxy) is 3. The second-order valence-corrected chi connectivity index (χ2v) is 11.6. The van der Waals surface area contributed by atoms with Crippen molar-refractivity contribution in [3.05, 3.63) is 77.1 Å². The molecule has 2 atom stereocenters. The Morgan fingerprint density at radius 2 is 1.68 bits per heavy atom. The Kier molecular flexibility index (Phi) is 9.50. The normalized spacial score (nSPS) is 20.0. The molecule has 1 saturated carbocycles. The maximum atomic E-state index is 13.2. The molecule has 2 fully saturated rings. The number of cyclic esters (lactones) is 1. The molecule has 8 heteroatoms. The first-order chi connectivity index (χ1) is 19.1. The van der Waals surface area contributed by atoms with Gasteiger partial charge in [0.15, 0.2) is 6.10 Å². The van der Waals surface area contributed by atoms with Crippen molar-refractivity contribution in [3.63, 3.8) is 0 Å². The molecular formula is C32H39NO7. The van der Waals surface area contributed by atoms with Crippen LogP contribution in [0.3, 0.4) is 0 Å². The molecule has 1 saturated heterocycles. The number of amides is 1. The smallest absolute Gasteiger partial charge is 0.408 e. The number of carbonyl (C=O) groups is 3. The molecule has 2 aromatic carbocycles. The lowest BCUT2D eigenvalue weighted by atomic mass is 9.84. The van der Waals surface area contributed by atoms with Crippen molar-refractivity contribution in [1.29, 1.82) is 0 Å². The summed E-state index contributed by atoms with van der Waals surface area (Å²) in [5, 5.41) is 13.8. The third-order valence-electron chi connectivity index (χ3n) is 7.15. The van der Waals surface area contributed by atoms with Crippen LogP contribution in [0.4, 0.5) is 4.79 Å². The summed E-state index contributed by atoms with van der Waals surface area (Å²) in [4.78, 5) is 38.6. The summed E-state index contributed by atoms with van der Waals surface area (Å²) in [5.41, 5.74) is 0.615. The minimum Gasteiger partial charge on any atom is -0.509 e. The summed E-state index contributed by atoms with van der Waals surface area (Å²) in [6.45, 7) is 5.59. The van der Waals surface area contributed by atoms with Crippen molar-refractivity contribution in [3.8, 4) is 5.75 Å². The third kappa shape index (κ3) is 8.10. The Morgan fingerprint density at radius 1 is 1.00 bits per heavy atom. The lowest BCUT2D eigenvalue weighted by molar-refractivity contribution is -0.141. The topological polar surface area (TPSA) is 111 Å². The molecule has 1 heterocycles. The van der Waals surface area contributed by atoms with E-state index in [2.05, 4.69) is 5.32 Å². The van der Waals surface area contributed by atoms with E-state index in [0.29, 0.717) is 24.7 Å². The summed E-state index contributed by atoms with van der Waals surface area (Å²) in [6.07, 6.45) is 4.27. The number of nitrogens with one attached hydrogen (secondary N) is 1. The first kappa shape index (κ1) is 29.2. The Balaban J connectivity index is 1.50. The quantitative estimate of drug-likeness (QED) is 0.171. The molecule has 2 unspecified atom stereocenters. The number of hydrogen-bond acceptors (Lipinski definition) is 7. The van der Waals surface area contributed by atoms with Crippen LogP contribution in [0.5, 0.6) is 5.75 Å².